The summed E-state index contributed by atoms with van der Waals surface area (Å²) < 4.78 is 0. The summed E-state index contributed by atoms with van der Waals surface area (Å²) in [5, 5.41) is 0. The van der Waals surface area contributed by atoms with Crippen molar-refractivity contribution in [1.82, 2.24) is 0 Å². The molecule has 0 unspecified atom stereocenters. The van der Waals surface area contributed by atoms with Gasteiger partial charge in [-0.1, -0.05) is 23.8 Å². The van der Waals surface area contributed by atoms with Gasteiger partial charge in [-0.3, -0.25) is 14.5 Å². The molecule has 1 aromatic heterocycles. The van der Waals surface area contributed by atoms with Crippen molar-refractivity contribution < 1.29 is 19.5 Å². The lowest BCUT2D eigenvalue weighted by atomic mass is 10.1. The van der Waals surface area contributed by atoms with Crippen LogP contribution in [0, 0.1) is 13.8 Å². The lowest BCUT2D eigenvalue weighted by molar-refractivity contribution is -0.915. The van der Waals surface area contributed by atoms with E-state index in [1.807, 2.05) is 50.4 Å². The molecule has 2 amide bonds. The van der Waals surface area contributed by atoms with Crippen LogP contribution in [-0.4, -0.2) is 44.0 Å². The van der Waals surface area contributed by atoms with Gasteiger partial charge in [0.15, 0.2) is 6.04 Å². The summed E-state index contributed by atoms with van der Waals surface area (Å²) >= 11 is 0. The van der Waals surface area contributed by atoms with Crippen LogP contribution in [0.25, 0.3) is 0 Å². The van der Waals surface area contributed by atoms with Gasteiger partial charge in [-0.2, -0.15) is 0 Å². The Morgan fingerprint density at radius 1 is 1.07 bits per heavy atom. The van der Waals surface area contributed by atoms with E-state index in [1.165, 1.54) is 9.80 Å². The van der Waals surface area contributed by atoms with E-state index < -0.39 is 0 Å². The number of H-pyrrole nitrogens is 1. The molecule has 140 valence electrons. The number of piperazine rings is 1. The average molecular weight is 366 g/mol. The smallest absolute Gasteiger partial charge is 0.292 e. The number of imide groups is 1. The third-order valence-electron chi connectivity index (χ3n) is 5.67. The Hall–Kier alpha value is -2.73. The van der Waals surface area contributed by atoms with Crippen LogP contribution in [-0.2, 0) is 9.59 Å². The molecule has 0 aliphatic carbocycles. The second kappa shape index (κ2) is 7.12. The van der Waals surface area contributed by atoms with Gasteiger partial charge < -0.3 is 4.90 Å². The minimum Gasteiger partial charge on any atom is -0.318 e. The summed E-state index contributed by atoms with van der Waals surface area (Å²) in [4.78, 5) is 33.9. The van der Waals surface area contributed by atoms with E-state index in [2.05, 4.69) is 16.0 Å². The molecule has 0 radical (unpaired) electrons. The van der Waals surface area contributed by atoms with Crippen molar-refractivity contribution in [3.05, 3.63) is 53.7 Å². The Kier molecular flexibility index (Phi) is 4.66. The summed E-state index contributed by atoms with van der Waals surface area (Å²) in [6, 6.07) is 11.7. The number of carbonyl (C=O) groups is 2. The quantitative estimate of drug-likeness (QED) is 0.787. The van der Waals surface area contributed by atoms with Crippen LogP contribution >= 0.6 is 0 Å². The van der Waals surface area contributed by atoms with Gasteiger partial charge in [0.25, 0.3) is 11.7 Å². The lowest BCUT2D eigenvalue weighted by Gasteiger charge is -2.31. The third-order valence-corrected chi connectivity index (χ3v) is 5.67. The van der Waals surface area contributed by atoms with Crippen LogP contribution in [0.3, 0.4) is 0 Å². The number of pyridine rings is 1. The Morgan fingerprint density at radius 2 is 1.85 bits per heavy atom. The number of quaternary nitrogens is 1. The predicted octanol–water partition coefficient (Wildman–Crippen LogP) is 0.155. The molecule has 2 saturated heterocycles. The number of amides is 2. The van der Waals surface area contributed by atoms with Crippen LogP contribution < -0.4 is 19.7 Å². The number of aryl methyl sites for hydroxylation is 2. The Bertz CT molecular complexity index is 860. The number of carbonyl (C=O) groups excluding carboxylic acids is 2. The van der Waals surface area contributed by atoms with Gasteiger partial charge >= 0.3 is 0 Å². The van der Waals surface area contributed by atoms with Crippen LogP contribution in [0.5, 0.6) is 0 Å². The van der Waals surface area contributed by atoms with Crippen molar-refractivity contribution in [1.29, 1.82) is 0 Å². The highest BCUT2D eigenvalue weighted by Gasteiger charge is 2.47. The van der Waals surface area contributed by atoms with Crippen molar-refractivity contribution in [2.45, 2.75) is 26.3 Å². The predicted molar refractivity (Wildman–Crippen MR) is 103 cm³/mol. The minimum absolute atomic E-state index is 0.0540. The summed E-state index contributed by atoms with van der Waals surface area (Å²) in [5.41, 5.74) is 2.83. The van der Waals surface area contributed by atoms with E-state index in [1.54, 1.807) is 0 Å². The van der Waals surface area contributed by atoms with E-state index in [4.69, 9.17) is 0 Å². The van der Waals surface area contributed by atoms with Gasteiger partial charge in [0.1, 0.15) is 26.2 Å². The molecule has 2 aliphatic rings. The van der Waals surface area contributed by atoms with Crippen molar-refractivity contribution in [3.63, 3.8) is 0 Å². The Balaban J connectivity index is 1.46. The number of hydrogen-bond acceptors (Lipinski definition) is 3. The minimum atomic E-state index is -0.264. The largest absolute Gasteiger partial charge is 0.318 e. The summed E-state index contributed by atoms with van der Waals surface area (Å²) in [6.45, 7) is 7.42. The molecule has 0 spiro atoms. The number of aromatic amines is 1. The maximum Gasteiger partial charge on any atom is 0.292 e. The monoisotopic (exact) mass is 366 g/mol. The number of benzene rings is 1. The van der Waals surface area contributed by atoms with Gasteiger partial charge in [0.2, 0.25) is 5.91 Å². The average Bonchev–Trinajstić information content (AvgIpc) is 2.97. The van der Waals surface area contributed by atoms with Crippen molar-refractivity contribution in [2.75, 3.05) is 36.0 Å². The van der Waals surface area contributed by atoms with Crippen LogP contribution in [0.2, 0.25) is 0 Å². The zero-order valence-corrected chi connectivity index (χ0v) is 15.9. The molecule has 0 saturated carbocycles. The van der Waals surface area contributed by atoms with Crippen molar-refractivity contribution >= 4 is 23.3 Å². The Labute approximate surface area is 159 Å². The standard InChI is InChI=1S/C21H24N4O2/c1-15-6-7-17(16(2)13-15)25-20(26)14-18(21(25)27)23-9-11-24(12-10-23)19-5-3-4-8-22-19/h3-8,13,18H,9-12,14H2,1-2H3/p+2/t18-/m0/s1. The second-order valence-electron chi connectivity index (χ2n) is 7.51. The summed E-state index contributed by atoms with van der Waals surface area (Å²) in [7, 11) is 0. The molecule has 27 heavy (non-hydrogen) atoms. The van der Waals surface area contributed by atoms with Gasteiger partial charge in [-0.15, -0.1) is 0 Å². The first-order valence-corrected chi connectivity index (χ1v) is 9.55. The molecular formula is C21H26N4O2+2. The van der Waals surface area contributed by atoms with E-state index in [0.717, 1.165) is 48.8 Å². The number of rotatable bonds is 3. The van der Waals surface area contributed by atoms with E-state index in [9.17, 15) is 9.59 Å². The topological polar surface area (TPSA) is 59.2 Å². The number of nitrogens with zero attached hydrogens (tertiary/aromatic N) is 2. The molecule has 3 heterocycles. The SMILES string of the molecule is Cc1ccc(N2C(=O)C[C@H]([NH+]3CCN(c4cccc[nH+]4)CC3)C2=O)c(C)c1. The molecule has 1 aromatic carbocycles. The maximum atomic E-state index is 13.1. The molecular weight excluding hydrogens is 340 g/mol. The number of nitrogens with one attached hydrogen (secondary N) is 2. The maximum absolute atomic E-state index is 13.1. The third kappa shape index (κ3) is 3.32. The highest BCUT2D eigenvalue weighted by molar-refractivity contribution is 6.22. The molecule has 4 rings (SSSR count). The van der Waals surface area contributed by atoms with Crippen LogP contribution in [0.15, 0.2) is 42.6 Å². The first-order chi connectivity index (χ1) is 13.0. The zero-order valence-electron chi connectivity index (χ0n) is 15.9. The van der Waals surface area contributed by atoms with Gasteiger partial charge in [0, 0.05) is 6.07 Å². The number of anilines is 2. The molecule has 0 bridgehead atoms. The fourth-order valence-electron chi connectivity index (χ4n) is 4.22. The van der Waals surface area contributed by atoms with Crippen LogP contribution in [0.4, 0.5) is 11.5 Å². The van der Waals surface area contributed by atoms with Gasteiger partial charge in [-0.25, -0.2) is 9.88 Å². The summed E-state index contributed by atoms with van der Waals surface area (Å²) in [5.74, 6) is 0.965. The highest BCUT2D eigenvalue weighted by Crippen LogP contribution is 2.26. The van der Waals surface area contributed by atoms with E-state index in [0.29, 0.717) is 6.42 Å². The fourth-order valence-corrected chi connectivity index (χ4v) is 4.22. The molecule has 2 N–H and O–H groups in total. The first-order valence-electron chi connectivity index (χ1n) is 9.55. The molecule has 1 atom stereocenters. The Morgan fingerprint density at radius 3 is 2.52 bits per heavy atom. The van der Waals surface area contributed by atoms with E-state index in [-0.39, 0.29) is 17.9 Å². The molecule has 2 aliphatic heterocycles. The summed E-state index contributed by atoms with van der Waals surface area (Å²) in [6.07, 6.45) is 2.23. The van der Waals surface area contributed by atoms with Gasteiger partial charge in [-0.05, 0) is 31.5 Å². The molecule has 2 aromatic rings. The highest BCUT2D eigenvalue weighted by atomic mass is 16.2. The van der Waals surface area contributed by atoms with Crippen LogP contribution in [0.1, 0.15) is 17.5 Å². The molecule has 6 heteroatoms. The number of hydrogen-bond donors (Lipinski definition) is 1. The number of aromatic nitrogens is 1. The second-order valence-corrected chi connectivity index (χ2v) is 7.51. The molecule has 6 nitrogen and oxygen atoms in total. The fraction of sp³-hybridized carbons (Fsp3) is 0.381. The molecule has 2 fully saturated rings. The van der Waals surface area contributed by atoms with E-state index >= 15 is 0 Å². The lowest BCUT2D eigenvalue weighted by Crippen LogP contribution is -3.19. The van der Waals surface area contributed by atoms with Crippen molar-refractivity contribution in [2.24, 2.45) is 0 Å². The zero-order chi connectivity index (χ0) is 19.0. The van der Waals surface area contributed by atoms with Gasteiger partial charge in [0.05, 0.1) is 18.3 Å². The normalized spacial score (nSPS) is 21.2. The first kappa shape index (κ1) is 17.7. The van der Waals surface area contributed by atoms with Crippen molar-refractivity contribution in [3.8, 4) is 0 Å².